The summed E-state index contributed by atoms with van der Waals surface area (Å²) in [6.45, 7) is 9.71. The van der Waals surface area contributed by atoms with Gasteiger partial charge in [0.1, 0.15) is 12.4 Å². The third-order valence-electron chi connectivity index (χ3n) is 10.4. The predicted octanol–water partition coefficient (Wildman–Crippen LogP) is 4.83. The summed E-state index contributed by atoms with van der Waals surface area (Å²) >= 11 is 6.73. The van der Waals surface area contributed by atoms with Crippen LogP contribution in [0.5, 0.6) is 6.01 Å². The highest BCUT2D eigenvalue weighted by atomic mass is 35.5. The van der Waals surface area contributed by atoms with E-state index in [4.69, 9.17) is 26.3 Å². The molecule has 0 N–H and O–H groups in total. The Kier molecular flexibility index (Phi) is 6.34. The van der Waals surface area contributed by atoms with Crippen LogP contribution in [0.2, 0.25) is 5.02 Å². The number of aromatic nitrogens is 2. The van der Waals surface area contributed by atoms with E-state index in [-0.39, 0.29) is 23.5 Å². The van der Waals surface area contributed by atoms with Crippen LogP contribution in [0.3, 0.4) is 0 Å². The average molecular weight is 585 g/mol. The molecule has 2 bridgehead atoms. The fourth-order valence-corrected chi connectivity index (χ4v) is 8.69. The minimum atomic E-state index is 0.0252. The summed E-state index contributed by atoms with van der Waals surface area (Å²) in [5.41, 5.74) is 3.50. The Hall–Kier alpha value is -3.36. The molecule has 4 saturated heterocycles. The zero-order chi connectivity index (χ0) is 28.4. The van der Waals surface area contributed by atoms with Crippen LogP contribution in [0.4, 0.5) is 11.5 Å². The maximum absolute atomic E-state index is 12.4. The van der Waals surface area contributed by atoms with Gasteiger partial charge in [-0.3, -0.25) is 9.69 Å². The molecule has 3 aromatic rings. The van der Waals surface area contributed by atoms with Gasteiger partial charge in [-0.15, -0.1) is 0 Å². The molecule has 4 fully saturated rings. The van der Waals surface area contributed by atoms with Crippen molar-refractivity contribution in [2.24, 2.45) is 0 Å². The van der Waals surface area contributed by atoms with Crippen molar-refractivity contribution in [2.45, 2.75) is 62.7 Å². The first-order valence-electron chi connectivity index (χ1n) is 15.4. The fourth-order valence-electron chi connectivity index (χ4n) is 8.41. The molecule has 2 aromatic carbocycles. The predicted molar refractivity (Wildman–Crippen MR) is 165 cm³/mol. The molecule has 0 radical (unpaired) electrons. The van der Waals surface area contributed by atoms with Gasteiger partial charge in [-0.1, -0.05) is 42.4 Å². The van der Waals surface area contributed by atoms with Crippen molar-refractivity contribution in [3.63, 3.8) is 0 Å². The van der Waals surface area contributed by atoms with E-state index in [1.165, 1.54) is 50.4 Å². The Bertz CT molecular complexity index is 1560. The smallest absolute Gasteiger partial charge is 0.318 e. The molecule has 1 amide bonds. The van der Waals surface area contributed by atoms with Crippen molar-refractivity contribution < 1.29 is 9.53 Å². The molecule has 8 rings (SSSR count). The van der Waals surface area contributed by atoms with Crippen LogP contribution in [-0.4, -0.2) is 82.6 Å². The van der Waals surface area contributed by atoms with Gasteiger partial charge in [0, 0.05) is 36.3 Å². The minimum absolute atomic E-state index is 0.0252. The Morgan fingerprint density at radius 2 is 1.88 bits per heavy atom. The van der Waals surface area contributed by atoms with Crippen LogP contribution < -0.4 is 14.5 Å². The second-order valence-corrected chi connectivity index (χ2v) is 13.0. The summed E-state index contributed by atoms with van der Waals surface area (Å²) < 4.78 is 6.54. The second-order valence-electron chi connectivity index (χ2n) is 12.6. The zero-order valence-electron chi connectivity index (χ0n) is 24.0. The first-order valence-corrected chi connectivity index (χ1v) is 15.8. The van der Waals surface area contributed by atoms with Gasteiger partial charge in [-0.25, -0.2) is 0 Å². The summed E-state index contributed by atoms with van der Waals surface area (Å²) in [7, 11) is 0. The van der Waals surface area contributed by atoms with Gasteiger partial charge >= 0.3 is 6.01 Å². The van der Waals surface area contributed by atoms with Gasteiger partial charge in [-0.2, -0.15) is 9.97 Å². The first kappa shape index (κ1) is 26.3. The third kappa shape index (κ3) is 4.17. The van der Waals surface area contributed by atoms with Gasteiger partial charge in [0.25, 0.3) is 0 Å². The van der Waals surface area contributed by atoms with Crippen LogP contribution in [0.15, 0.2) is 49.1 Å². The van der Waals surface area contributed by atoms with Crippen molar-refractivity contribution in [1.82, 2.24) is 19.8 Å². The maximum atomic E-state index is 12.4. The van der Waals surface area contributed by atoms with Crippen LogP contribution in [0.1, 0.15) is 43.4 Å². The summed E-state index contributed by atoms with van der Waals surface area (Å²) in [5, 5.41) is 2.99. The average Bonchev–Trinajstić information content (AvgIpc) is 3.80. The van der Waals surface area contributed by atoms with E-state index in [0.717, 1.165) is 58.9 Å². The number of hydrogen-bond donors (Lipinski definition) is 0. The van der Waals surface area contributed by atoms with Crippen LogP contribution >= 0.6 is 11.6 Å². The zero-order valence-corrected chi connectivity index (χ0v) is 24.7. The molecule has 0 saturated carbocycles. The number of fused-ring (bicyclic) bond motifs is 5. The second kappa shape index (κ2) is 10.1. The summed E-state index contributed by atoms with van der Waals surface area (Å²) in [6.07, 6.45) is 8.08. The molecule has 42 heavy (non-hydrogen) atoms. The number of nitrogens with zero attached hydrogens (tertiary/aromatic N) is 6. The third-order valence-corrected chi connectivity index (χ3v) is 10.8. The van der Waals surface area contributed by atoms with E-state index in [1.807, 2.05) is 17.0 Å². The van der Waals surface area contributed by atoms with E-state index in [2.05, 4.69) is 45.5 Å². The highest BCUT2D eigenvalue weighted by Gasteiger charge is 2.47. The molecule has 0 spiro atoms. The lowest BCUT2D eigenvalue weighted by Gasteiger charge is -2.38. The number of carbonyl (C=O) groups is 1. The van der Waals surface area contributed by atoms with Gasteiger partial charge in [-0.05, 0) is 75.2 Å². The van der Waals surface area contributed by atoms with E-state index in [0.29, 0.717) is 25.7 Å². The Balaban J connectivity index is 1.14. The number of halogens is 1. The van der Waals surface area contributed by atoms with E-state index < -0.39 is 0 Å². The maximum Gasteiger partial charge on any atom is 0.318 e. The van der Waals surface area contributed by atoms with Crippen LogP contribution in [0.25, 0.3) is 10.8 Å². The van der Waals surface area contributed by atoms with Gasteiger partial charge in [0.05, 0.1) is 34.9 Å². The summed E-state index contributed by atoms with van der Waals surface area (Å²) in [5.74, 6) is 1.02. The lowest BCUT2D eigenvalue weighted by molar-refractivity contribution is -0.127. The van der Waals surface area contributed by atoms with Crippen molar-refractivity contribution in [3.8, 4) is 6.01 Å². The molecule has 9 heteroatoms. The molecule has 6 heterocycles. The number of benzene rings is 2. The highest BCUT2D eigenvalue weighted by Crippen LogP contribution is 2.42. The number of carbonyl (C=O) groups excluding carboxylic acids is 1. The number of anilines is 2. The standard InChI is InChI=1S/C33H37ClN6O2/c1-2-29(41)39-18-24-17-23(39)19-40(24)31-25-11-16-37(28-10-4-8-22-7-3-9-26(34)30(22)28)20-27(25)35-32(36-31)42-21-33-12-5-14-38(33)15-6-13-33/h2-4,7-10,23-24H,1,5-6,11-21H2/t23-,24-/m1/s1. The summed E-state index contributed by atoms with van der Waals surface area (Å²) in [6, 6.07) is 13.4. The molecular formula is C33H37ClN6O2. The number of hydrogen-bond acceptors (Lipinski definition) is 7. The lowest BCUT2D eigenvalue weighted by Crippen LogP contribution is -2.49. The Morgan fingerprint density at radius 3 is 2.64 bits per heavy atom. The van der Waals surface area contributed by atoms with Gasteiger partial charge < -0.3 is 19.4 Å². The fraction of sp³-hybridized carbons (Fsp3) is 0.485. The van der Waals surface area contributed by atoms with E-state index in [1.54, 1.807) is 0 Å². The first-order chi connectivity index (χ1) is 20.5. The highest BCUT2D eigenvalue weighted by molar-refractivity contribution is 6.36. The minimum Gasteiger partial charge on any atom is -0.461 e. The lowest BCUT2D eigenvalue weighted by atomic mass is 9.95. The van der Waals surface area contributed by atoms with Crippen molar-refractivity contribution >= 4 is 39.8 Å². The SMILES string of the molecule is C=CC(=O)N1C[C@H]2C[C@@H]1CN2c1nc(OCC23CCCN2CCC3)nc2c1CCN(c1cccc3cccc(Cl)c13)C2. The molecule has 0 unspecified atom stereocenters. The normalized spacial score (nSPS) is 24.4. The quantitative estimate of drug-likeness (QED) is 0.385. The van der Waals surface area contributed by atoms with Crippen LogP contribution in [0, 0.1) is 0 Å². The van der Waals surface area contributed by atoms with E-state index in [9.17, 15) is 4.79 Å². The van der Waals surface area contributed by atoms with Gasteiger partial charge in [0.2, 0.25) is 5.91 Å². The largest absolute Gasteiger partial charge is 0.461 e. The van der Waals surface area contributed by atoms with Crippen molar-refractivity contribution in [2.75, 3.05) is 49.1 Å². The molecular weight excluding hydrogens is 548 g/mol. The Labute approximate surface area is 251 Å². The molecule has 5 aliphatic heterocycles. The van der Waals surface area contributed by atoms with Gasteiger partial charge in [0.15, 0.2) is 0 Å². The molecule has 8 nitrogen and oxygen atoms in total. The van der Waals surface area contributed by atoms with Crippen LogP contribution in [-0.2, 0) is 17.8 Å². The Morgan fingerprint density at radius 1 is 1.07 bits per heavy atom. The number of amides is 1. The topological polar surface area (TPSA) is 65.0 Å². The molecule has 0 aliphatic carbocycles. The molecule has 5 aliphatic rings. The number of piperazine rings is 1. The molecule has 2 atom stereocenters. The number of ether oxygens (including phenoxy) is 1. The number of rotatable bonds is 6. The van der Waals surface area contributed by atoms with Crippen molar-refractivity contribution in [1.29, 1.82) is 0 Å². The van der Waals surface area contributed by atoms with E-state index >= 15 is 0 Å². The summed E-state index contributed by atoms with van der Waals surface area (Å²) in [4.78, 5) is 32.1. The molecule has 1 aromatic heterocycles. The van der Waals surface area contributed by atoms with Crippen molar-refractivity contribution in [3.05, 3.63) is 65.3 Å². The monoisotopic (exact) mass is 584 g/mol. The molecule has 218 valence electrons. The number of likely N-dealkylation sites (tertiary alicyclic amines) is 1.